The smallest absolute Gasteiger partial charge is 0.237 e. The molecule has 3 nitrogen and oxygen atoms in total. The van der Waals surface area contributed by atoms with Crippen molar-refractivity contribution in [2.24, 2.45) is 11.8 Å². The molecule has 5 heteroatoms. The first-order valence-electron chi connectivity index (χ1n) is 6.70. The standard InChI is InChI=1S/C13H21I2NO2/c1-8-6-11(14)16(9(8)2)13(17)12(15)10-4-3-5-18-7-10/h8-12H,3-7H2,1-2H3/t8?,9?,10?,11-,12?/m0/s1. The van der Waals surface area contributed by atoms with Crippen LogP contribution in [-0.4, -0.2) is 38.0 Å². The van der Waals surface area contributed by atoms with Crippen molar-refractivity contribution in [2.45, 2.75) is 47.1 Å². The second-order valence-corrected chi connectivity index (χ2v) is 8.29. The molecule has 104 valence electrons. The third kappa shape index (κ3) is 3.13. The van der Waals surface area contributed by atoms with Crippen LogP contribution in [-0.2, 0) is 9.53 Å². The number of nitrogens with zero attached hydrogens (tertiary/aromatic N) is 1. The highest BCUT2D eigenvalue weighted by Gasteiger charge is 2.41. The lowest BCUT2D eigenvalue weighted by Gasteiger charge is -2.32. The number of likely N-dealkylation sites (tertiary alicyclic amines) is 1. The largest absolute Gasteiger partial charge is 0.381 e. The van der Waals surface area contributed by atoms with E-state index in [9.17, 15) is 4.79 Å². The molecule has 2 aliphatic rings. The lowest BCUT2D eigenvalue weighted by molar-refractivity contribution is -0.133. The van der Waals surface area contributed by atoms with Gasteiger partial charge in [0.1, 0.15) is 0 Å². The van der Waals surface area contributed by atoms with Crippen molar-refractivity contribution in [3.63, 3.8) is 0 Å². The Morgan fingerprint density at radius 1 is 1.44 bits per heavy atom. The zero-order valence-electron chi connectivity index (χ0n) is 10.9. The quantitative estimate of drug-likeness (QED) is 0.348. The number of carbonyl (C=O) groups is 1. The van der Waals surface area contributed by atoms with Crippen molar-refractivity contribution in [3.05, 3.63) is 0 Å². The Morgan fingerprint density at radius 3 is 2.67 bits per heavy atom. The number of halogens is 2. The molecule has 0 aliphatic carbocycles. The molecular formula is C13H21I2NO2. The molecule has 0 aromatic carbocycles. The number of rotatable bonds is 2. The summed E-state index contributed by atoms with van der Waals surface area (Å²) in [5.74, 6) is 1.34. The van der Waals surface area contributed by atoms with Gasteiger partial charge in [-0.2, -0.15) is 0 Å². The minimum Gasteiger partial charge on any atom is -0.381 e. The molecule has 1 amide bonds. The van der Waals surface area contributed by atoms with Gasteiger partial charge in [-0.25, -0.2) is 0 Å². The molecule has 2 saturated heterocycles. The van der Waals surface area contributed by atoms with Crippen molar-refractivity contribution >= 4 is 51.1 Å². The maximum absolute atomic E-state index is 12.7. The van der Waals surface area contributed by atoms with Gasteiger partial charge in [-0.05, 0) is 32.1 Å². The number of carbonyl (C=O) groups excluding carboxylic acids is 1. The summed E-state index contributed by atoms with van der Waals surface area (Å²) in [4.78, 5) is 14.8. The summed E-state index contributed by atoms with van der Waals surface area (Å²) in [6.07, 6.45) is 3.35. The highest BCUT2D eigenvalue weighted by atomic mass is 127. The molecule has 2 rings (SSSR count). The minimum atomic E-state index is 0.0768. The van der Waals surface area contributed by atoms with Gasteiger partial charge >= 0.3 is 0 Å². The van der Waals surface area contributed by atoms with Crippen molar-refractivity contribution in [1.29, 1.82) is 0 Å². The van der Waals surface area contributed by atoms with E-state index in [1.807, 2.05) is 0 Å². The Bertz CT molecular complexity index is 307. The summed E-state index contributed by atoms with van der Waals surface area (Å²) in [7, 11) is 0. The van der Waals surface area contributed by atoms with Crippen LogP contribution in [0, 0.1) is 11.8 Å². The Balaban J connectivity index is 2.01. The van der Waals surface area contributed by atoms with E-state index in [1.165, 1.54) is 0 Å². The molecule has 0 saturated carbocycles. The molecule has 18 heavy (non-hydrogen) atoms. The van der Waals surface area contributed by atoms with Crippen molar-refractivity contribution < 1.29 is 9.53 Å². The van der Waals surface area contributed by atoms with E-state index >= 15 is 0 Å². The van der Waals surface area contributed by atoms with E-state index in [1.54, 1.807) is 0 Å². The van der Waals surface area contributed by atoms with Crippen LogP contribution in [0.15, 0.2) is 0 Å². The third-order valence-electron chi connectivity index (χ3n) is 4.23. The van der Waals surface area contributed by atoms with Crippen LogP contribution < -0.4 is 0 Å². The maximum atomic E-state index is 12.7. The molecule has 0 N–H and O–H groups in total. The average Bonchev–Trinajstić information content (AvgIpc) is 2.63. The van der Waals surface area contributed by atoms with E-state index in [0.717, 1.165) is 32.5 Å². The van der Waals surface area contributed by atoms with Gasteiger partial charge < -0.3 is 9.64 Å². The first-order valence-corrected chi connectivity index (χ1v) is 9.19. The van der Waals surface area contributed by atoms with Crippen LogP contribution in [0.1, 0.15) is 33.1 Å². The van der Waals surface area contributed by atoms with E-state index in [4.69, 9.17) is 4.74 Å². The molecule has 0 bridgehead atoms. The van der Waals surface area contributed by atoms with Gasteiger partial charge in [0.2, 0.25) is 5.91 Å². The highest BCUT2D eigenvalue weighted by Crippen LogP contribution is 2.36. The van der Waals surface area contributed by atoms with Crippen LogP contribution in [0.3, 0.4) is 0 Å². The number of hydrogen-bond acceptors (Lipinski definition) is 2. The summed E-state index contributed by atoms with van der Waals surface area (Å²) >= 11 is 4.74. The predicted octanol–water partition coefficient (Wildman–Crippen LogP) is 3.23. The molecule has 0 spiro atoms. The zero-order chi connectivity index (χ0) is 13.3. The Labute approximate surface area is 137 Å². The Morgan fingerprint density at radius 2 is 2.17 bits per heavy atom. The summed E-state index contributed by atoms with van der Waals surface area (Å²) < 4.78 is 5.95. The maximum Gasteiger partial charge on any atom is 0.237 e. The van der Waals surface area contributed by atoms with Crippen LogP contribution in [0.4, 0.5) is 0 Å². The Kier molecular flexibility index (Phi) is 5.57. The second-order valence-electron chi connectivity index (χ2n) is 5.51. The Hall–Kier alpha value is 0.890. The molecule has 0 aromatic heterocycles. The van der Waals surface area contributed by atoms with Crippen LogP contribution in [0.5, 0.6) is 0 Å². The first kappa shape index (κ1) is 15.3. The molecule has 2 heterocycles. The second kappa shape index (κ2) is 6.56. The average molecular weight is 477 g/mol. The number of hydrogen-bond donors (Lipinski definition) is 0. The van der Waals surface area contributed by atoms with Gasteiger partial charge in [0, 0.05) is 18.6 Å². The lowest BCUT2D eigenvalue weighted by Crippen LogP contribution is -2.46. The van der Waals surface area contributed by atoms with Gasteiger partial charge in [0.05, 0.1) is 14.6 Å². The van der Waals surface area contributed by atoms with Gasteiger partial charge in [0.15, 0.2) is 0 Å². The first-order chi connectivity index (χ1) is 8.52. The zero-order valence-corrected chi connectivity index (χ0v) is 15.3. The van der Waals surface area contributed by atoms with Gasteiger partial charge in [-0.1, -0.05) is 52.1 Å². The molecular weight excluding hydrogens is 456 g/mol. The van der Waals surface area contributed by atoms with Crippen LogP contribution >= 0.6 is 45.2 Å². The summed E-state index contributed by atoms with van der Waals surface area (Å²) in [5.41, 5.74) is 0. The van der Waals surface area contributed by atoms with Crippen molar-refractivity contribution in [3.8, 4) is 0 Å². The molecule has 0 radical (unpaired) electrons. The monoisotopic (exact) mass is 477 g/mol. The van der Waals surface area contributed by atoms with E-state index in [-0.39, 0.29) is 3.92 Å². The van der Waals surface area contributed by atoms with Crippen LogP contribution in [0.2, 0.25) is 0 Å². The molecule has 2 fully saturated rings. The molecule has 4 unspecified atom stereocenters. The van der Waals surface area contributed by atoms with Crippen molar-refractivity contribution in [2.75, 3.05) is 13.2 Å². The number of ether oxygens (including phenoxy) is 1. The summed E-state index contributed by atoms with van der Waals surface area (Å²) in [6, 6.07) is 0.376. The van der Waals surface area contributed by atoms with Gasteiger partial charge in [-0.15, -0.1) is 0 Å². The fraction of sp³-hybridized carbons (Fsp3) is 0.923. The fourth-order valence-corrected chi connectivity index (χ4v) is 5.30. The predicted molar refractivity (Wildman–Crippen MR) is 89.2 cm³/mol. The lowest BCUT2D eigenvalue weighted by atomic mass is 9.97. The SMILES string of the molecule is CC1C[C@@H](I)N(C(=O)C(I)C2CCCOC2)C1C. The van der Waals surface area contributed by atoms with E-state index in [2.05, 4.69) is 63.9 Å². The molecule has 0 aromatic rings. The third-order valence-corrected chi connectivity index (χ3v) is 6.89. The number of alkyl halides is 2. The number of amides is 1. The fourth-order valence-electron chi connectivity index (χ4n) is 2.83. The van der Waals surface area contributed by atoms with E-state index < -0.39 is 0 Å². The van der Waals surface area contributed by atoms with Gasteiger partial charge in [-0.3, -0.25) is 4.79 Å². The van der Waals surface area contributed by atoms with Crippen molar-refractivity contribution in [1.82, 2.24) is 4.90 Å². The van der Waals surface area contributed by atoms with E-state index in [0.29, 0.717) is 27.8 Å². The normalized spacial score (nSPS) is 38.8. The highest BCUT2D eigenvalue weighted by molar-refractivity contribution is 14.1. The summed E-state index contributed by atoms with van der Waals surface area (Å²) in [6.45, 7) is 6.04. The molecule has 5 atom stereocenters. The molecule has 2 aliphatic heterocycles. The van der Waals surface area contributed by atoms with Crippen LogP contribution in [0.25, 0.3) is 0 Å². The minimum absolute atomic E-state index is 0.0768. The van der Waals surface area contributed by atoms with Gasteiger partial charge in [0.25, 0.3) is 0 Å². The summed E-state index contributed by atoms with van der Waals surface area (Å²) in [5, 5.41) is 0. The topological polar surface area (TPSA) is 29.5 Å².